The Morgan fingerprint density at radius 1 is 1.33 bits per heavy atom. The summed E-state index contributed by atoms with van der Waals surface area (Å²) in [5.74, 6) is -1.37. The molecule has 1 heterocycles. The van der Waals surface area contributed by atoms with Crippen LogP contribution in [-0.2, 0) is 4.79 Å². The highest BCUT2D eigenvalue weighted by Crippen LogP contribution is 2.31. The van der Waals surface area contributed by atoms with E-state index in [1.54, 1.807) is 12.1 Å². The quantitative estimate of drug-likeness (QED) is 0.894. The summed E-state index contributed by atoms with van der Waals surface area (Å²) in [6, 6.07) is 6.11. The normalized spacial score (nSPS) is 14.8. The summed E-state index contributed by atoms with van der Waals surface area (Å²) in [5, 5.41) is 3.05. The van der Waals surface area contributed by atoms with Crippen molar-refractivity contribution in [2.45, 2.75) is 18.6 Å². The van der Waals surface area contributed by atoms with E-state index in [0.29, 0.717) is 17.3 Å². The molecule has 112 valence electrons. The Labute approximate surface area is 123 Å². The number of aromatic nitrogens is 1. The number of pyridine rings is 1. The topological polar surface area (TPSA) is 68.0 Å². The maximum atomic E-state index is 12.7. The average Bonchev–Trinajstić information content (AvgIpc) is 2.41. The molecule has 0 saturated heterocycles. The molecule has 0 radical (unpaired) electrons. The highest BCUT2D eigenvalue weighted by Gasteiger charge is 2.54. The molecule has 1 atom stereocenters. The third kappa shape index (κ3) is 2.79. The van der Waals surface area contributed by atoms with Crippen molar-refractivity contribution in [1.82, 2.24) is 4.98 Å². The van der Waals surface area contributed by atoms with Crippen LogP contribution in [0.15, 0.2) is 30.5 Å². The first-order chi connectivity index (χ1) is 9.64. The molecule has 2 aromatic rings. The predicted molar refractivity (Wildman–Crippen MR) is 74.0 cm³/mol. The van der Waals surface area contributed by atoms with E-state index in [0.717, 1.165) is 0 Å². The fourth-order valence-electron chi connectivity index (χ4n) is 1.62. The van der Waals surface area contributed by atoms with Crippen molar-refractivity contribution in [2.75, 3.05) is 5.32 Å². The molecule has 1 aromatic heterocycles. The van der Waals surface area contributed by atoms with E-state index in [4.69, 9.17) is 17.3 Å². The van der Waals surface area contributed by atoms with Crippen LogP contribution in [0.2, 0.25) is 5.02 Å². The highest BCUT2D eigenvalue weighted by molar-refractivity contribution is 6.36. The summed E-state index contributed by atoms with van der Waals surface area (Å²) < 4.78 is 38.2. The molecule has 0 spiro atoms. The Kier molecular flexibility index (Phi) is 3.81. The number of rotatable bonds is 2. The van der Waals surface area contributed by atoms with Crippen LogP contribution in [0.25, 0.3) is 10.9 Å². The molecule has 8 heteroatoms. The third-order valence-corrected chi connectivity index (χ3v) is 3.35. The summed E-state index contributed by atoms with van der Waals surface area (Å²) in [4.78, 5) is 15.8. The number of nitrogens with one attached hydrogen (secondary N) is 1. The Balaban J connectivity index is 2.42. The molecule has 0 aliphatic carbocycles. The number of nitrogens with two attached hydrogens (primary N) is 1. The lowest BCUT2D eigenvalue weighted by Gasteiger charge is -2.26. The van der Waals surface area contributed by atoms with Gasteiger partial charge < -0.3 is 11.1 Å². The first-order valence-corrected chi connectivity index (χ1v) is 6.22. The van der Waals surface area contributed by atoms with Crippen LogP contribution in [0.4, 0.5) is 18.9 Å². The smallest absolute Gasteiger partial charge is 0.322 e. The largest absolute Gasteiger partial charge is 0.415 e. The second-order valence-corrected chi connectivity index (χ2v) is 5.06. The summed E-state index contributed by atoms with van der Waals surface area (Å²) >= 11 is 5.97. The summed E-state index contributed by atoms with van der Waals surface area (Å²) in [6.07, 6.45) is -3.42. The zero-order valence-electron chi connectivity index (χ0n) is 10.8. The molecule has 0 bridgehead atoms. The van der Waals surface area contributed by atoms with Gasteiger partial charge in [0.1, 0.15) is 0 Å². The number of anilines is 1. The minimum atomic E-state index is -4.87. The molecule has 3 N–H and O–H groups in total. The van der Waals surface area contributed by atoms with Crippen molar-refractivity contribution in [3.05, 3.63) is 35.5 Å². The van der Waals surface area contributed by atoms with E-state index >= 15 is 0 Å². The van der Waals surface area contributed by atoms with E-state index in [9.17, 15) is 18.0 Å². The molecule has 1 unspecified atom stereocenters. The number of halogens is 4. The number of fused-ring (bicyclic) bond motifs is 1. The number of alkyl halides is 3. The monoisotopic (exact) mass is 317 g/mol. The third-order valence-electron chi connectivity index (χ3n) is 3.03. The van der Waals surface area contributed by atoms with Gasteiger partial charge in [0.25, 0.3) is 5.91 Å². The summed E-state index contributed by atoms with van der Waals surface area (Å²) in [6.45, 7) is 0.605. The maximum absolute atomic E-state index is 12.7. The van der Waals surface area contributed by atoms with E-state index in [1.165, 1.54) is 18.3 Å². The van der Waals surface area contributed by atoms with Crippen LogP contribution in [-0.4, -0.2) is 22.6 Å². The molecular weight excluding hydrogens is 307 g/mol. The molecule has 0 aliphatic heterocycles. The van der Waals surface area contributed by atoms with Crippen molar-refractivity contribution < 1.29 is 18.0 Å². The standard InChI is InChI=1S/C13H11ClF3N3O/c1-12(18,13(15,16)17)11(21)20-9-5-4-8(14)7-3-2-6-19-10(7)9/h2-6H,18H2,1H3,(H,20,21). The predicted octanol–water partition coefficient (Wildman–Crippen LogP) is 3.11. The van der Waals surface area contributed by atoms with Gasteiger partial charge >= 0.3 is 6.18 Å². The van der Waals surface area contributed by atoms with Crippen LogP contribution < -0.4 is 11.1 Å². The maximum Gasteiger partial charge on any atom is 0.415 e. The van der Waals surface area contributed by atoms with Gasteiger partial charge in [0, 0.05) is 11.6 Å². The van der Waals surface area contributed by atoms with Crippen LogP contribution in [0.3, 0.4) is 0 Å². The Morgan fingerprint density at radius 2 is 2.00 bits per heavy atom. The van der Waals surface area contributed by atoms with Crippen molar-refractivity contribution in [1.29, 1.82) is 0 Å². The zero-order chi connectivity index (χ0) is 15.8. The average molecular weight is 318 g/mol. The van der Waals surface area contributed by atoms with Crippen LogP contribution in [0.5, 0.6) is 0 Å². The minimum Gasteiger partial charge on any atom is -0.322 e. The van der Waals surface area contributed by atoms with Crippen LogP contribution in [0, 0.1) is 0 Å². The number of carbonyl (C=O) groups excluding carboxylic acids is 1. The number of hydrogen-bond donors (Lipinski definition) is 2. The van der Waals surface area contributed by atoms with E-state index < -0.39 is 17.6 Å². The lowest BCUT2D eigenvalue weighted by atomic mass is 10.0. The van der Waals surface area contributed by atoms with E-state index in [1.807, 2.05) is 0 Å². The van der Waals surface area contributed by atoms with Crippen LogP contribution in [0.1, 0.15) is 6.92 Å². The Morgan fingerprint density at radius 3 is 2.62 bits per heavy atom. The van der Waals surface area contributed by atoms with Gasteiger partial charge in [-0.05, 0) is 31.2 Å². The summed E-state index contributed by atoms with van der Waals surface area (Å²) in [7, 11) is 0. The van der Waals surface area contributed by atoms with Crippen molar-refractivity contribution in [3.8, 4) is 0 Å². The molecule has 2 rings (SSSR count). The molecule has 4 nitrogen and oxygen atoms in total. The van der Waals surface area contributed by atoms with Crippen molar-refractivity contribution >= 4 is 34.1 Å². The number of hydrogen-bond acceptors (Lipinski definition) is 3. The first kappa shape index (κ1) is 15.5. The molecule has 1 amide bonds. The molecule has 21 heavy (non-hydrogen) atoms. The van der Waals surface area contributed by atoms with Gasteiger partial charge in [-0.1, -0.05) is 11.6 Å². The number of amides is 1. The van der Waals surface area contributed by atoms with Gasteiger partial charge in [-0.3, -0.25) is 9.78 Å². The SMILES string of the molecule is CC(N)(C(=O)Nc1ccc(Cl)c2cccnc12)C(F)(F)F. The second kappa shape index (κ2) is 5.16. The first-order valence-electron chi connectivity index (χ1n) is 5.85. The van der Waals surface area contributed by atoms with E-state index in [2.05, 4.69) is 10.3 Å². The van der Waals surface area contributed by atoms with Crippen molar-refractivity contribution in [3.63, 3.8) is 0 Å². The Bertz CT molecular complexity index is 701. The molecule has 0 fully saturated rings. The van der Waals surface area contributed by atoms with Gasteiger partial charge in [0.2, 0.25) is 0 Å². The second-order valence-electron chi connectivity index (χ2n) is 4.65. The van der Waals surface area contributed by atoms with Crippen LogP contribution >= 0.6 is 11.6 Å². The fraction of sp³-hybridized carbons (Fsp3) is 0.231. The van der Waals surface area contributed by atoms with Gasteiger partial charge in [0.15, 0.2) is 5.54 Å². The van der Waals surface area contributed by atoms with Crippen molar-refractivity contribution in [2.24, 2.45) is 5.73 Å². The minimum absolute atomic E-state index is 0.112. The fourth-order valence-corrected chi connectivity index (χ4v) is 1.84. The number of nitrogens with zero attached hydrogens (tertiary/aromatic N) is 1. The molecule has 0 saturated carbocycles. The summed E-state index contributed by atoms with van der Waals surface area (Å²) in [5.41, 5.74) is 2.47. The molecular formula is C13H11ClF3N3O. The Hall–Kier alpha value is -1.86. The number of carbonyl (C=O) groups is 1. The highest BCUT2D eigenvalue weighted by atomic mass is 35.5. The van der Waals surface area contributed by atoms with Gasteiger partial charge in [0.05, 0.1) is 16.2 Å². The molecule has 0 aliphatic rings. The zero-order valence-corrected chi connectivity index (χ0v) is 11.6. The lowest BCUT2D eigenvalue weighted by Crippen LogP contribution is -2.59. The van der Waals surface area contributed by atoms with Gasteiger partial charge in [-0.15, -0.1) is 0 Å². The van der Waals surface area contributed by atoms with E-state index in [-0.39, 0.29) is 11.2 Å². The molecule has 1 aromatic carbocycles. The van der Waals surface area contributed by atoms with Gasteiger partial charge in [-0.25, -0.2) is 0 Å². The lowest BCUT2D eigenvalue weighted by molar-refractivity contribution is -0.184. The van der Waals surface area contributed by atoms with Gasteiger partial charge in [-0.2, -0.15) is 13.2 Å². The number of benzene rings is 1.